The number of pyridine rings is 3. The van der Waals surface area contributed by atoms with E-state index in [2.05, 4.69) is 90.6 Å². The SMILES string of the molecule is Cc1c2c(c(C)c3c1c(-c1cccnc1)nc1cc(-c4ccc(P(=O)(c5ccccc5)c5ccccc5)cc4)ccc13)C(c1cccnc1)=NC1C=CC=CC21. The number of hydrogen-bond donors (Lipinski definition) is 0. The molecule has 0 amide bonds. The van der Waals surface area contributed by atoms with Crippen LogP contribution in [-0.2, 0) is 4.57 Å². The molecular formula is C50H37N4OP. The summed E-state index contributed by atoms with van der Waals surface area (Å²) in [6.45, 7) is 4.50. The molecule has 10 rings (SSSR count). The molecule has 0 fully saturated rings. The van der Waals surface area contributed by atoms with E-state index >= 15 is 4.57 Å². The largest absolute Gasteiger partial charge is 0.309 e. The fourth-order valence-corrected chi connectivity index (χ4v) is 11.4. The van der Waals surface area contributed by atoms with Gasteiger partial charge in [0.1, 0.15) is 0 Å². The van der Waals surface area contributed by atoms with Crippen LogP contribution < -0.4 is 15.9 Å². The predicted molar refractivity (Wildman–Crippen MR) is 231 cm³/mol. The van der Waals surface area contributed by atoms with Gasteiger partial charge in [-0.3, -0.25) is 15.0 Å². The molecule has 0 radical (unpaired) electrons. The van der Waals surface area contributed by atoms with Gasteiger partial charge >= 0.3 is 0 Å². The second-order valence-electron chi connectivity index (χ2n) is 14.6. The first-order valence-electron chi connectivity index (χ1n) is 19.0. The van der Waals surface area contributed by atoms with E-state index in [1.807, 2.05) is 110 Å². The Morgan fingerprint density at radius 2 is 1.20 bits per heavy atom. The van der Waals surface area contributed by atoms with Gasteiger partial charge in [-0.1, -0.05) is 121 Å². The van der Waals surface area contributed by atoms with Crippen LogP contribution >= 0.6 is 7.14 Å². The van der Waals surface area contributed by atoms with Crippen LogP contribution in [0.25, 0.3) is 44.1 Å². The van der Waals surface area contributed by atoms with E-state index in [1.54, 1.807) is 0 Å². The molecule has 56 heavy (non-hydrogen) atoms. The Hall–Kier alpha value is -6.55. The molecule has 1 aliphatic heterocycles. The van der Waals surface area contributed by atoms with Crippen LogP contribution in [0.1, 0.15) is 33.7 Å². The Kier molecular flexibility index (Phi) is 8.27. The van der Waals surface area contributed by atoms with Gasteiger partial charge in [0, 0.05) is 74.1 Å². The maximum absolute atomic E-state index is 15.1. The number of aromatic nitrogens is 3. The first kappa shape index (κ1) is 34.0. The van der Waals surface area contributed by atoms with Crippen LogP contribution in [-0.4, -0.2) is 26.7 Å². The molecule has 4 heterocycles. The number of rotatable bonds is 6. The van der Waals surface area contributed by atoms with Crippen molar-refractivity contribution in [2.24, 2.45) is 4.99 Å². The normalized spacial score (nSPS) is 16.1. The smallest absolute Gasteiger partial charge is 0.171 e. The third-order valence-electron chi connectivity index (χ3n) is 11.4. The Morgan fingerprint density at radius 1 is 0.571 bits per heavy atom. The molecular weight excluding hydrogens is 704 g/mol. The molecule has 0 spiro atoms. The average molecular weight is 741 g/mol. The lowest BCUT2D eigenvalue weighted by molar-refractivity contribution is 0.592. The standard InChI is InChI=1S/C50H37N4OP/c1-32-45-41-19-9-10-20-43(41)53-49(36-13-11-27-51-30-36)47(45)33(2)46-42-26-23-35(29-44(42)54-50(48(32)46)37-14-12-28-52-31-37)34-21-24-40(25-22-34)56(55,38-15-5-3-6-16-38)39-17-7-4-8-18-39/h3-31,41,43H,1-2H3. The summed E-state index contributed by atoms with van der Waals surface area (Å²) in [5, 5.41) is 5.84. The van der Waals surface area contributed by atoms with E-state index in [4.69, 9.17) is 9.98 Å². The molecule has 5 aromatic carbocycles. The molecule has 268 valence electrons. The fourth-order valence-electron chi connectivity index (χ4n) is 8.79. The molecule has 5 nitrogen and oxygen atoms in total. The van der Waals surface area contributed by atoms with Crippen molar-refractivity contribution in [1.82, 2.24) is 15.0 Å². The Bertz CT molecular complexity index is 2900. The van der Waals surface area contributed by atoms with Crippen molar-refractivity contribution in [3.8, 4) is 22.4 Å². The zero-order valence-electron chi connectivity index (χ0n) is 31.0. The topological polar surface area (TPSA) is 68.1 Å². The predicted octanol–water partition coefficient (Wildman–Crippen LogP) is 10.2. The summed E-state index contributed by atoms with van der Waals surface area (Å²) in [5.74, 6) is 0.111. The minimum Gasteiger partial charge on any atom is -0.309 e. The average Bonchev–Trinajstić information content (AvgIpc) is 3.27. The number of nitrogens with zero attached hydrogens (tertiary/aromatic N) is 4. The van der Waals surface area contributed by atoms with Crippen LogP contribution in [0.2, 0.25) is 0 Å². The van der Waals surface area contributed by atoms with Gasteiger partial charge in [-0.15, -0.1) is 0 Å². The van der Waals surface area contributed by atoms with Crippen molar-refractivity contribution in [1.29, 1.82) is 0 Å². The molecule has 6 heteroatoms. The van der Waals surface area contributed by atoms with Gasteiger partial charge in [0.25, 0.3) is 0 Å². The quantitative estimate of drug-likeness (QED) is 0.126. The highest BCUT2D eigenvalue weighted by atomic mass is 31.2. The van der Waals surface area contributed by atoms with Crippen LogP contribution in [0.3, 0.4) is 0 Å². The molecule has 0 saturated carbocycles. The Balaban J connectivity index is 1.18. The monoisotopic (exact) mass is 740 g/mol. The van der Waals surface area contributed by atoms with Crippen molar-refractivity contribution in [3.63, 3.8) is 0 Å². The molecule has 3 aromatic heterocycles. The minimum atomic E-state index is -3.09. The summed E-state index contributed by atoms with van der Waals surface area (Å²) in [4.78, 5) is 19.9. The summed E-state index contributed by atoms with van der Waals surface area (Å²) in [6.07, 6.45) is 16.2. The number of aliphatic imine (C=N–C) groups is 1. The van der Waals surface area contributed by atoms with Crippen molar-refractivity contribution in [2.45, 2.75) is 25.8 Å². The van der Waals surface area contributed by atoms with Gasteiger partial charge < -0.3 is 4.57 Å². The molecule has 0 N–H and O–H groups in total. The van der Waals surface area contributed by atoms with Crippen molar-refractivity contribution >= 4 is 50.4 Å². The molecule has 2 aliphatic rings. The summed E-state index contributed by atoms with van der Waals surface area (Å²) < 4.78 is 15.1. The molecule has 0 bridgehead atoms. The highest BCUT2D eigenvalue weighted by Gasteiger charge is 2.35. The summed E-state index contributed by atoms with van der Waals surface area (Å²) in [7, 11) is -3.09. The third-order valence-corrected chi connectivity index (χ3v) is 14.5. The number of hydrogen-bond acceptors (Lipinski definition) is 5. The maximum atomic E-state index is 15.1. The van der Waals surface area contributed by atoms with Crippen LogP contribution in [0.5, 0.6) is 0 Å². The van der Waals surface area contributed by atoms with Crippen molar-refractivity contribution < 1.29 is 4.57 Å². The molecule has 1 aliphatic carbocycles. The first-order valence-corrected chi connectivity index (χ1v) is 20.7. The number of fused-ring (bicyclic) bond motifs is 6. The summed E-state index contributed by atoms with van der Waals surface area (Å²) in [5.41, 5.74) is 11.7. The van der Waals surface area contributed by atoms with E-state index in [-0.39, 0.29) is 12.0 Å². The molecule has 2 atom stereocenters. The van der Waals surface area contributed by atoms with E-state index in [0.29, 0.717) is 0 Å². The van der Waals surface area contributed by atoms with Crippen molar-refractivity contribution in [2.75, 3.05) is 0 Å². The van der Waals surface area contributed by atoms with E-state index < -0.39 is 7.14 Å². The number of allylic oxidation sites excluding steroid dienone is 2. The van der Waals surface area contributed by atoms with Gasteiger partial charge in [-0.2, -0.15) is 0 Å². The van der Waals surface area contributed by atoms with Crippen LogP contribution in [0.15, 0.2) is 181 Å². The van der Waals surface area contributed by atoms with Crippen LogP contribution in [0, 0.1) is 13.8 Å². The van der Waals surface area contributed by atoms with Crippen molar-refractivity contribution in [3.05, 3.63) is 204 Å². The van der Waals surface area contributed by atoms with E-state index in [0.717, 1.165) is 65.9 Å². The Morgan fingerprint density at radius 3 is 1.86 bits per heavy atom. The van der Waals surface area contributed by atoms with Gasteiger partial charge in [0.05, 0.1) is 23.0 Å². The second kappa shape index (κ2) is 13.6. The zero-order chi connectivity index (χ0) is 37.8. The van der Waals surface area contributed by atoms with Gasteiger partial charge in [0.2, 0.25) is 0 Å². The highest BCUT2D eigenvalue weighted by Crippen LogP contribution is 2.47. The molecule has 0 saturated heterocycles. The lowest BCUT2D eigenvalue weighted by Gasteiger charge is -2.34. The maximum Gasteiger partial charge on any atom is 0.171 e. The van der Waals surface area contributed by atoms with Crippen LogP contribution in [0.4, 0.5) is 0 Å². The second-order valence-corrected chi connectivity index (χ2v) is 17.3. The minimum absolute atomic E-state index is 0.00301. The van der Waals surface area contributed by atoms with E-state index in [9.17, 15) is 0 Å². The lowest BCUT2D eigenvalue weighted by atomic mass is 9.74. The summed E-state index contributed by atoms with van der Waals surface area (Å²) >= 11 is 0. The number of aryl methyl sites for hydroxylation is 2. The summed E-state index contributed by atoms with van der Waals surface area (Å²) in [6, 6.07) is 42.6. The lowest BCUT2D eigenvalue weighted by Crippen LogP contribution is -2.28. The highest BCUT2D eigenvalue weighted by molar-refractivity contribution is 7.85. The molecule has 2 unspecified atom stereocenters. The Labute approximate surface area is 326 Å². The molecule has 8 aromatic rings. The van der Waals surface area contributed by atoms with Gasteiger partial charge in [-0.05, 0) is 77.4 Å². The fraction of sp³-hybridized carbons (Fsp3) is 0.0800. The van der Waals surface area contributed by atoms with Gasteiger partial charge in [-0.25, -0.2) is 4.98 Å². The zero-order valence-corrected chi connectivity index (χ0v) is 31.9. The number of benzene rings is 5. The third kappa shape index (κ3) is 5.42. The van der Waals surface area contributed by atoms with Gasteiger partial charge in [0.15, 0.2) is 7.14 Å². The first-order chi connectivity index (χ1) is 27.5. The van der Waals surface area contributed by atoms with E-state index in [1.165, 1.54) is 27.6 Å².